The van der Waals surface area contributed by atoms with Gasteiger partial charge in [0.2, 0.25) is 0 Å². The number of likely N-dealkylation sites (tertiary alicyclic amines) is 2. The number of nitrogens with one attached hydrogen (secondary N) is 1. The highest BCUT2D eigenvalue weighted by Gasteiger charge is 2.43. The molecule has 2 saturated heterocycles. The topological polar surface area (TPSA) is 30.9 Å². The standard InChI is InChI=1S/C23H36N4/c1-19-4-6-21(7-5-19)17-26-13-8-20(9-14-26)16-25-22(24-2)27-15-12-23(18-27)10-3-11-23/h4-7,20H,3,8-18H2,1-2H3,(H,24,25). The maximum Gasteiger partial charge on any atom is 0.193 e. The fraction of sp³-hybridized carbons (Fsp3) is 0.696. The molecule has 1 N–H and O–H groups in total. The lowest BCUT2D eigenvalue weighted by Gasteiger charge is -2.38. The van der Waals surface area contributed by atoms with Crippen LogP contribution in [-0.2, 0) is 6.54 Å². The molecule has 1 aromatic rings. The van der Waals surface area contributed by atoms with Gasteiger partial charge in [-0.1, -0.05) is 36.2 Å². The molecule has 0 unspecified atom stereocenters. The molecule has 2 aliphatic heterocycles. The molecule has 3 aliphatic rings. The summed E-state index contributed by atoms with van der Waals surface area (Å²) in [6.07, 6.45) is 8.24. The van der Waals surface area contributed by atoms with E-state index >= 15 is 0 Å². The van der Waals surface area contributed by atoms with Crippen molar-refractivity contribution < 1.29 is 0 Å². The molecule has 1 aliphatic carbocycles. The number of hydrogen-bond donors (Lipinski definition) is 1. The highest BCUT2D eigenvalue weighted by molar-refractivity contribution is 5.80. The number of guanidine groups is 1. The molecule has 4 heteroatoms. The van der Waals surface area contributed by atoms with E-state index in [1.165, 1.54) is 75.8 Å². The summed E-state index contributed by atoms with van der Waals surface area (Å²) in [5, 5.41) is 3.70. The van der Waals surface area contributed by atoms with E-state index in [9.17, 15) is 0 Å². The van der Waals surface area contributed by atoms with Crippen LogP contribution in [0.2, 0.25) is 0 Å². The number of benzene rings is 1. The van der Waals surface area contributed by atoms with Crippen molar-refractivity contribution in [1.29, 1.82) is 0 Å². The number of nitrogens with zero attached hydrogens (tertiary/aromatic N) is 3. The summed E-state index contributed by atoms with van der Waals surface area (Å²) in [6, 6.07) is 9.00. The van der Waals surface area contributed by atoms with Crippen molar-refractivity contribution in [2.24, 2.45) is 16.3 Å². The van der Waals surface area contributed by atoms with Crippen LogP contribution in [0.3, 0.4) is 0 Å². The van der Waals surface area contributed by atoms with Crippen LogP contribution >= 0.6 is 0 Å². The van der Waals surface area contributed by atoms with Crippen LogP contribution in [0.25, 0.3) is 0 Å². The highest BCUT2D eigenvalue weighted by atomic mass is 15.3. The fourth-order valence-electron chi connectivity index (χ4n) is 5.07. The van der Waals surface area contributed by atoms with E-state index in [1.54, 1.807) is 0 Å². The maximum absolute atomic E-state index is 4.58. The van der Waals surface area contributed by atoms with Crippen molar-refractivity contribution >= 4 is 5.96 Å². The molecule has 148 valence electrons. The van der Waals surface area contributed by atoms with E-state index in [4.69, 9.17) is 0 Å². The van der Waals surface area contributed by atoms with Crippen molar-refractivity contribution in [3.8, 4) is 0 Å². The summed E-state index contributed by atoms with van der Waals surface area (Å²) in [6.45, 7) is 9.17. The van der Waals surface area contributed by atoms with Crippen LogP contribution in [0.15, 0.2) is 29.3 Å². The molecule has 0 radical (unpaired) electrons. The van der Waals surface area contributed by atoms with E-state index in [1.807, 2.05) is 7.05 Å². The summed E-state index contributed by atoms with van der Waals surface area (Å²) < 4.78 is 0. The molecule has 1 spiro atoms. The van der Waals surface area contributed by atoms with Crippen molar-refractivity contribution in [3.63, 3.8) is 0 Å². The largest absolute Gasteiger partial charge is 0.356 e. The molecule has 2 heterocycles. The van der Waals surface area contributed by atoms with Gasteiger partial charge in [-0.2, -0.15) is 0 Å². The third-order valence-electron chi connectivity index (χ3n) is 7.15. The lowest BCUT2D eigenvalue weighted by molar-refractivity contribution is 0.151. The molecule has 1 aromatic carbocycles. The van der Waals surface area contributed by atoms with Gasteiger partial charge in [-0.25, -0.2) is 0 Å². The first-order chi connectivity index (χ1) is 13.2. The van der Waals surface area contributed by atoms with Crippen LogP contribution in [-0.4, -0.2) is 55.5 Å². The zero-order valence-corrected chi connectivity index (χ0v) is 17.2. The summed E-state index contributed by atoms with van der Waals surface area (Å²) >= 11 is 0. The molecular formula is C23H36N4. The first-order valence-electron chi connectivity index (χ1n) is 10.9. The van der Waals surface area contributed by atoms with Crippen LogP contribution in [0.4, 0.5) is 0 Å². The molecule has 0 amide bonds. The molecule has 1 saturated carbocycles. The Hall–Kier alpha value is -1.55. The van der Waals surface area contributed by atoms with Crippen LogP contribution < -0.4 is 5.32 Å². The van der Waals surface area contributed by atoms with E-state index in [2.05, 4.69) is 51.3 Å². The summed E-state index contributed by atoms with van der Waals surface area (Å²) in [5.41, 5.74) is 3.42. The first-order valence-corrected chi connectivity index (χ1v) is 10.9. The van der Waals surface area contributed by atoms with Crippen molar-refractivity contribution in [1.82, 2.24) is 15.1 Å². The maximum atomic E-state index is 4.58. The third-order valence-corrected chi connectivity index (χ3v) is 7.15. The van der Waals surface area contributed by atoms with E-state index in [0.717, 1.165) is 25.0 Å². The average molecular weight is 369 g/mol. The molecule has 4 rings (SSSR count). The minimum Gasteiger partial charge on any atom is -0.356 e. The Bertz CT molecular complexity index is 639. The molecule has 0 bridgehead atoms. The Morgan fingerprint density at radius 1 is 1.11 bits per heavy atom. The Labute approximate surface area is 165 Å². The van der Waals surface area contributed by atoms with E-state index in [-0.39, 0.29) is 0 Å². The third kappa shape index (κ3) is 4.48. The minimum atomic E-state index is 0.638. The zero-order valence-electron chi connectivity index (χ0n) is 17.2. The minimum absolute atomic E-state index is 0.638. The lowest BCUT2D eigenvalue weighted by Crippen LogP contribution is -2.45. The Kier molecular flexibility index (Phi) is 5.72. The van der Waals surface area contributed by atoms with Gasteiger partial charge in [0.15, 0.2) is 5.96 Å². The van der Waals surface area contributed by atoms with Crippen molar-refractivity contribution in [3.05, 3.63) is 35.4 Å². The smallest absolute Gasteiger partial charge is 0.193 e. The first kappa shape index (κ1) is 18.8. The van der Waals surface area contributed by atoms with Gasteiger partial charge in [-0.05, 0) is 69.0 Å². The summed E-state index contributed by atoms with van der Waals surface area (Å²) in [5.74, 6) is 1.91. The van der Waals surface area contributed by atoms with Crippen molar-refractivity contribution in [2.45, 2.75) is 52.0 Å². The zero-order chi connectivity index (χ0) is 18.7. The van der Waals surface area contributed by atoms with Gasteiger partial charge < -0.3 is 10.2 Å². The van der Waals surface area contributed by atoms with Gasteiger partial charge in [0.1, 0.15) is 0 Å². The van der Waals surface area contributed by atoms with Gasteiger partial charge in [-0.3, -0.25) is 9.89 Å². The van der Waals surface area contributed by atoms with Crippen LogP contribution in [0.1, 0.15) is 49.7 Å². The quantitative estimate of drug-likeness (QED) is 0.650. The number of aliphatic imine (C=N–C) groups is 1. The second kappa shape index (κ2) is 8.22. The Morgan fingerprint density at radius 3 is 2.44 bits per heavy atom. The molecule has 0 atom stereocenters. The fourth-order valence-corrected chi connectivity index (χ4v) is 5.07. The van der Waals surface area contributed by atoms with Crippen LogP contribution in [0, 0.1) is 18.3 Å². The number of aryl methyl sites for hydroxylation is 1. The molecule has 27 heavy (non-hydrogen) atoms. The molecular weight excluding hydrogens is 332 g/mol. The Morgan fingerprint density at radius 2 is 1.85 bits per heavy atom. The van der Waals surface area contributed by atoms with Gasteiger partial charge in [-0.15, -0.1) is 0 Å². The van der Waals surface area contributed by atoms with E-state index < -0.39 is 0 Å². The molecule has 4 nitrogen and oxygen atoms in total. The van der Waals surface area contributed by atoms with Gasteiger partial charge >= 0.3 is 0 Å². The number of hydrogen-bond acceptors (Lipinski definition) is 2. The molecule has 0 aromatic heterocycles. The van der Waals surface area contributed by atoms with Crippen LogP contribution in [0.5, 0.6) is 0 Å². The normalized spacial score (nSPS) is 23.6. The van der Waals surface area contributed by atoms with Crippen molar-refractivity contribution in [2.75, 3.05) is 39.8 Å². The monoisotopic (exact) mass is 368 g/mol. The second-order valence-electron chi connectivity index (χ2n) is 9.16. The van der Waals surface area contributed by atoms with E-state index in [0.29, 0.717) is 5.41 Å². The summed E-state index contributed by atoms with van der Waals surface area (Å²) in [7, 11) is 1.94. The van der Waals surface area contributed by atoms with Gasteiger partial charge in [0, 0.05) is 33.2 Å². The predicted octanol–water partition coefficient (Wildman–Crippen LogP) is 3.66. The van der Waals surface area contributed by atoms with Gasteiger partial charge in [0.05, 0.1) is 0 Å². The summed E-state index contributed by atoms with van der Waals surface area (Å²) in [4.78, 5) is 9.69. The lowest BCUT2D eigenvalue weighted by atomic mass is 9.68. The Balaban J connectivity index is 1.19. The number of piperidine rings is 1. The second-order valence-corrected chi connectivity index (χ2v) is 9.16. The predicted molar refractivity (Wildman–Crippen MR) is 113 cm³/mol. The SMILES string of the molecule is CN=C(NCC1CCN(Cc2ccc(C)cc2)CC1)N1CCC2(CCC2)C1. The average Bonchev–Trinajstić information content (AvgIpc) is 3.12. The highest BCUT2D eigenvalue weighted by Crippen LogP contribution is 2.47. The number of rotatable bonds is 4. The molecule has 3 fully saturated rings. The van der Waals surface area contributed by atoms with Gasteiger partial charge in [0.25, 0.3) is 0 Å².